The molecule has 0 aliphatic carbocycles. The minimum atomic E-state index is -0.413. The number of thioether (sulfide) groups is 1. The van der Waals surface area contributed by atoms with Crippen LogP contribution in [0.5, 0.6) is 11.8 Å². The van der Waals surface area contributed by atoms with Crippen LogP contribution in [0.1, 0.15) is 13.3 Å². The molecule has 2 N–H and O–H groups in total. The lowest BCUT2D eigenvalue weighted by Crippen LogP contribution is -2.08. The van der Waals surface area contributed by atoms with Crippen molar-refractivity contribution in [1.29, 1.82) is 0 Å². The van der Waals surface area contributed by atoms with E-state index in [9.17, 15) is 19.8 Å². The van der Waals surface area contributed by atoms with Gasteiger partial charge in [0.2, 0.25) is 5.12 Å². The normalized spacial score (nSPS) is 10.2. The summed E-state index contributed by atoms with van der Waals surface area (Å²) in [5, 5.41) is 17.8. The summed E-state index contributed by atoms with van der Waals surface area (Å²) in [7, 11) is 0. The van der Waals surface area contributed by atoms with Crippen LogP contribution < -0.4 is 0 Å². The number of hydrogen-bond acceptors (Lipinski definition) is 5. The molecule has 0 fully saturated rings. The van der Waals surface area contributed by atoms with E-state index in [1.165, 1.54) is 12.1 Å². The Labute approximate surface area is 90.7 Å². The topological polar surface area (TPSA) is 79.5 Å². The molecular weight excluding hydrogens is 218 g/mol. The van der Waals surface area contributed by atoms with Crippen molar-refractivity contribution in [3.05, 3.63) is 12.1 Å². The van der Waals surface area contributed by atoms with Gasteiger partial charge < -0.3 is 10.2 Å². The lowest BCUT2D eigenvalue weighted by atomic mass is 10.6. The summed E-state index contributed by atoms with van der Waals surface area (Å²) in [6.07, 6.45) is 0.278. The molecule has 0 aromatic carbocycles. The van der Waals surface area contributed by atoms with Gasteiger partial charge in [-0.15, -0.1) is 0 Å². The zero-order valence-corrected chi connectivity index (χ0v) is 8.95. The fourth-order valence-corrected chi connectivity index (χ4v) is 1.56. The lowest BCUT2D eigenvalue weighted by Gasteiger charge is -2.04. The SMILES string of the molecule is CCC(=O)SC(=O)Cn1c(O)ccc1O. The van der Waals surface area contributed by atoms with Gasteiger partial charge in [-0.2, -0.15) is 0 Å². The van der Waals surface area contributed by atoms with Crippen LogP contribution in [0.4, 0.5) is 0 Å². The molecule has 0 unspecified atom stereocenters. The first-order chi connectivity index (χ1) is 7.04. The van der Waals surface area contributed by atoms with Crippen LogP contribution >= 0.6 is 11.8 Å². The summed E-state index contributed by atoms with van der Waals surface area (Å²) in [5.74, 6) is -0.407. The molecule has 0 radical (unpaired) electrons. The molecule has 6 heteroatoms. The number of carbonyl (C=O) groups is 2. The van der Waals surface area contributed by atoms with E-state index in [1.807, 2.05) is 0 Å². The van der Waals surface area contributed by atoms with Gasteiger partial charge in [0.1, 0.15) is 0 Å². The predicted molar refractivity (Wildman–Crippen MR) is 55.7 cm³/mol. The van der Waals surface area contributed by atoms with E-state index >= 15 is 0 Å². The Morgan fingerprint density at radius 3 is 2.27 bits per heavy atom. The van der Waals surface area contributed by atoms with Gasteiger partial charge in [-0.25, -0.2) is 0 Å². The third-order valence-electron chi connectivity index (χ3n) is 1.74. The van der Waals surface area contributed by atoms with E-state index in [0.717, 1.165) is 4.57 Å². The van der Waals surface area contributed by atoms with Gasteiger partial charge in [-0.1, -0.05) is 6.92 Å². The van der Waals surface area contributed by atoms with Crippen LogP contribution in [0.25, 0.3) is 0 Å². The van der Waals surface area contributed by atoms with E-state index in [0.29, 0.717) is 11.8 Å². The van der Waals surface area contributed by atoms with Crippen molar-refractivity contribution in [1.82, 2.24) is 4.57 Å². The molecule has 0 saturated carbocycles. The first-order valence-electron chi connectivity index (χ1n) is 4.35. The highest BCUT2D eigenvalue weighted by atomic mass is 32.2. The molecule has 1 aromatic rings. The van der Waals surface area contributed by atoms with Crippen molar-refractivity contribution >= 4 is 22.0 Å². The van der Waals surface area contributed by atoms with Crippen LogP contribution in [-0.2, 0) is 16.1 Å². The quantitative estimate of drug-likeness (QED) is 0.811. The van der Waals surface area contributed by atoms with Gasteiger partial charge in [0.25, 0.3) is 0 Å². The maximum atomic E-state index is 11.3. The van der Waals surface area contributed by atoms with E-state index in [4.69, 9.17) is 0 Å². The van der Waals surface area contributed by atoms with E-state index in [2.05, 4.69) is 0 Å². The maximum absolute atomic E-state index is 11.3. The average Bonchev–Trinajstić information content (AvgIpc) is 2.49. The third-order valence-corrected chi connectivity index (χ3v) is 2.61. The lowest BCUT2D eigenvalue weighted by molar-refractivity contribution is -0.113. The molecule has 5 nitrogen and oxygen atoms in total. The van der Waals surface area contributed by atoms with Crippen molar-refractivity contribution in [2.24, 2.45) is 0 Å². The predicted octanol–water partition coefficient (Wildman–Crippen LogP) is 1.10. The van der Waals surface area contributed by atoms with Gasteiger partial charge in [0.05, 0.1) is 6.54 Å². The number of aromatic hydroxyl groups is 2. The van der Waals surface area contributed by atoms with Crippen molar-refractivity contribution in [3.63, 3.8) is 0 Å². The van der Waals surface area contributed by atoms with Gasteiger partial charge in [-0.05, 0) is 11.8 Å². The van der Waals surface area contributed by atoms with Crippen molar-refractivity contribution in [3.8, 4) is 11.8 Å². The number of carbonyl (C=O) groups excluding carboxylic acids is 2. The summed E-state index contributed by atoms with van der Waals surface area (Å²) in [4.78, 5) is 22.2. The second-order valence-corrected chi connectivity index (χ2v) is 3.95. The molecule has 82 valence electrons. The Hall–Kier alpha value is -1.43. The molecule has 0 saturated heterocycles. The second kappa shape index (κ2) is 4.88. The summed E-state index contributed by atoms with van der Waals surface area (Å²) >= 11 is 0.594. The summed E-state index contributed by atoms with van der Waals surface area (Å²) in [5.41, 5.74) is 0. The van der Waals surface area contributed by atoms with Crippen LogP contribution in [0.15, 0.2) is 12.1 Å². The van der Waals surface area contributed by atoms with E-state index < -0.39 is 5.12 Å². The molecule has 1 aromatic heterocycles. The molecule has 0 bridgehead atoms. The van der Waals surface area contributed by atoms with Gasteiger partial charge in [0, 0.05) is 18.6 Å². The van der Waals surface area contributed by atoms with Crippen LogP contribution in [-0.4, -0.2) is 25.0 Å². The fourth-order valence-electron chi connectivity index (χ4n) is 0.969. The molecular formula is C9H11NO4S. The van der Waals surface area contributed by atoms with Gasteiger partial charge in [-0.3, -0.25) is 14.2 Å². The molecule has 15 heavy (non-hydrogen) atoms. The number of nitrogens with zero attached hydrogens (tertiary/aromatic N) is 1. The highest BCUT2D eigenvalue weighted by molar-refractivity contribution is 8.26. The first-order valence-corrected chi connectivity index (χ1v) is 5.17. The number of aromatic nitrogens is 1. The van der Waals surface area contributed by atoms with Gasteiger partial charge in [0.15, 0.2) is 16.9 Å². The first kappa shape index (κ1) is 11.6. The summed E-state index contributed by atoms with van der Waals surface area (Å²) < 4.78 is 1.03. The Kier molecular flexibility index (Phi) is 3.79. The molecule has 1 heterocycles. The number of hydrogen-bond donors (Lipinski definition) is 2. The highest BCUT2D eigenvalue weighted by Crippen LogP contribution is 2.22. The second-order valence-electron chi connectivity index (χ2n) is 2.84. The molecule has 0 amide bonds. The average molecular weight is 229 g/mol. The Balaban J connectivity index is 2.63. The van der Waals surface area contributed by atoms with Crippen molar-refractivity contribution in [2.75, 3.05) is 0 Å². The molecule has 0 aliphatic rings. The minimum Gasteiger partial charge on any atom is -0.494 e. The monoisotopic (exact) mass is 229 g/mol. The van der Waals surface area contributed by atoms with E-state index in [-0.39, 0.29) is 29.8 Å². The van der Waals surface area contributed by atoms with Crippen molar-refractivity contribution < 1.29 is 19.8 Å². The fraction of sp³-hybridized carbons (Fsp3) is 0.333. The Morgan fingerprint density at radius 1 is 1.27 bits per heavy atom. The third kappa shape index (κ3) is 3.02. The van der Waals surface area contributed by atoms with Gasteiger partial charge >= 0.3 is 0 Å². The molecule has 1 rings (SSSR count). The standard InChI is InChI=1S/C9H11NO4S/c1-2-8(13)15-9(14)5-10-6(11)3-4-7(10)12/h3-4,11-12H,2,5H2,1H3. The highest BCUT2D eigenvalue weighted by Gasteiger charge is 2.13. The smallest absolute Gasteiger partial charge is 0.216 e. The zero-order chi connectivity index (χ0) is 11.4. The largest absolute Gasteiger partial charge is 0.494 e. The molecule has 0 aliphatic heterocycles. The zero-order valence-electron chi connectivity index (χ0n) is 8.14. The van der Waals surface area contributed by atoms with Crippen molar-refractivity contribution in [2.45, 2.75) is 19.9 Å². The maximum Gasteiger partial charge on any atom is 0.216 e. The van der Waals surface area contributed by atoms with E-state index in [1.54, 1.807) is 6.92 Å². The summed E-state index contributed by atoms with van der Waals surface area (Å²) in [6, 6.07) is 2.55. The molecule has 0 atom stereocenters. The van der Waals surface area contributed by atoms with Crippen LogP contribution in [0.2, 0.25) is 0 Å². The van der Waals surface area contributed by atoms with Crippen LogP contribution in [0, 0.1) is 0 Å². The Morgan fingerprint density at radius 2 is 1.80 bits per heavy atom. The minimum absolute atomic E-state index is 0.203. The summed E-state index contributed by atoms with van der Waals surface area (Å²) in [6.45, 7) is 1.44. The Bertz CT molecular complexity index is 366. The molecule has 0 spiro atoms. The number of rotatable bonds is 3. The van der Waals surface area contributed by atoms with Crippen LogP contribution in [0.3, 0.4) is 0 Å².